The number of ether oxygens (including phenoxy) is 1. The first kappa shape index (κ1) is 17.1. The Hall–Kier alpha value is -2.24. The second-order valence-corrected chi connectivity index (χ2v) is 5.48. The molecule has 2 aromatic carbocycles. The number of nitrogens with one attached hydrogen (secondary N) is 1. The maximum Gasteiger partial charge on any atom is 0.366 e. The lowest BCUT2D eigenvalue weighted by atomic mass is 10.2. The predicted octanol–water partition coefficient (Wildman–Crippen LogP) is 3.60. The Bertz CT molecular complexity index is 706. The average molecular weight is 354 g/mol. The molecule has 0 bridgehead atoms. The fourth-order valence-corrected chi connectivity index (χ4v) is 2.17. The third-order valence-electron chi connectivity index (χ3n) is 2.88. The Balaban J connectivity index is 2.05. The number of benzene rings is 2. The molecule has 0 radical (unpaired) electrons. The molecule has 0 fully saturated rings. The Morgan fingerprint density at radius 2 is 1.83 bits per heavy atom. The van der Waals surface area contributed by atoms with Gasteiger partial charge < -0.3 is 15.2 Å². The molecule has 0 amide bonds. The summed E-state index contributed by atoms with van der Waals surface area (Å²) in [5, 5.41) is 12.4. The van der Waals surface area contributed by atoms with E-state index in [9.17, 15) is 14.7 Å². The molecule has 0 aliphatic rings. The minimum absolute atomic E-state index is 0.0322. The second kappa shape index (κ2) is 7.85. The summed E-state index contributed by atoms with van der Waals surface area (Å²) in [4.78, 5) is 23.2. The van der Waals surface area contributed by atoms with Gasteiger partial charge in [-0.2, -0.15) is 0 Å². The van der Waals surface area contributed by atoms with Crippen LogP contribution in [0, 0.1) is 0 Å². The summed E-state index contributed by atoms with van der Waals surface area (Å²) in [6.07, 6.45) is -1.60. The van der Waals surface area contributed by atoms with Gasteiger partial charge in [-0.1, -0.05) is 53.5 Å². The number of anilines is 1. The molecule has 0 aromatic heterocycles. The maximum absolute atomic E-state index is 11.9. The van der Waals surface area contributed by atoms with Gasteiger partial charge in [0.15, 0.2) is 0 Å². The summed E-state index contributed by atoms with van der Waals surface area (Å²) in [5.74, 6) is -2.02. The van der Waals surface area contributed by atoms with Crippen molar-refractivity contribution in [3.05, 3.63) is 64.1 Å². The minimum atomic E-state index is -1.57. The molecule has 120 valence electrons. The largest absolute Gasteiger partial charge is 0.477 e. The third kappa shape index (κ3) is 5.16. The van der Waals surface area contributed by atoms with Crippen LogP contribution in [0.15, 0.2) is 48.5 Å². The molecule has 0 saturated carbocycles. The highest BCUT2D eigenvalue weighted by atomic mass is 35.5. The number of carboxylic acids is 1. The first-order valence-electron chi connectivity index (χ1n) is 6.63. The summed E-state index contributed by atoms with van der Waals surface area (Å²) >= 11 is 11.8. The van der Waals surface area contributed by atoms with Crippen LogP contribution in [0.2, 0.25) is 10.0 Å². The Kier molecular flexibility index (Phi) is 5.84. The van der Waals surface area contributed by atoms with Crippen LogP contribution in [0.25, 0.3) is 0 Å². The van der Waals surface area contributed by atoms with Crippen molar-refractivity contribution in [1.29, 1.82) is 0 Å². The highest BCUT2D eigenvalue weighted by Crippen LogP contribution is 2.26. The lowest BCUT2D eigenvalue weighted by Gasteiger charge is -2.17. The zero-order valence-corrected chi connectivity index (χ0v) is 13.3. The van der Waals surface area contributed by atoms with Crippen LogP contribution in [0.3, 0.4) is 0 Å². The summed E-state index contributed by atoms with van der Waals surface area (Å²) in [6.45, 7) is 0. The zero-order chi connectivity index (χ0) is 16.8. The van der Waals surface area contributed by atoms with Crippen LogP contribution < -0.4 is 5.32 Å². The summed E-state index contributed by atoms with van der Waals surface area (Å²) in [5.41, 5.74) is 0.988. The maximum atomic E-state index is 11.9. The molecule has 2 N–H and O–H groups in total. The monoisotopic (exact) mass is 353 g/mol. The van der Waals surface area contributed by atoms with E-state index in [1.165, 1.54) is 12.1 Å². The van der Waals surface area contributed by atoms with Gasteiger partial charge in [-0.15, -0.1) is 0 Å². The molecule has 2 rings (SSSR count). The molecule has 0 saturated heterocycles. The van der Waals surface area contributed by atoms with Crippen molar-refractivity contribution in [1.82, 2.24) is 0 Å². The first-order valence-corrected chi connectivity index (χ1v) is 7.39. The zero-order valence-electron chi connectivity index (χ0n) is 11.8. The van der Waals surface area contributed by atoms with Crippen molar-refractivity contribution < 1.29 is 19.4 Å². The average Bonchev–Trinajstić information content (AvgIpc) is 2.51. The Labute approximate surface area is 142 Å². The van der Waals surface area contributed by atoms with Crippen molar-refractivity contribution >= 4 is 40.8 Å². The summed E-state index contributed by atoms with van der Waals surface area (Å²) in [6, 6.07) is 13.4. The topological polar surface area (TPSA) is 75.6 Å². The number of aliphatic carboxylic acids is 1. The van der Waals surface area contributed by atoms with Crippen molar-refractivity contribution in [3.8, 4) is 0 Å². The van der Waals surface area contributed by atoms with Crippen LogP contribution in [0.5, 0.6) is 0 Å². The van der Waals surface area contributed by atoms with E-state index in [0.29, 0.717) is 5.02 Å². The van der Waals surface area contributed by atoms with E-state index in [4.69, 9.17) is 27.9 Å². The fraction of sp³-hybridized carbons (Fsp3) is 0.125. The van der Waals surface area contributed by atoms with Crippen LogP contribution in [-0.4, -0.2) is 23.3 Å². The normalized spacial score (nSPS) is 11.6. The fourth-order valence-electron chi connectivity index (χ4n) is 1.83. The Morgan fingerprint density at radius 3 is 2.48 bits per heavy atom. The molecular formula is C16H13Cl2NO4. The Morgan fingerprint density at radius 1 is 1.13 bits per heavy atom. The van der Waals surface area contributed by atoms with Crippen molar-refractivity contribution in [2.24, 2.45) is 0 Å². The SMILES string of the molecule is O=C(Cc1ccccc1)OC(Nc1cc(Cl)ccc1Cl)C(=O)O. The molecule has 7 heteroatoms. The van der Waals surface area contributed by atoms with Crippen molar-refractivity contribution in [2.45, 2.75) is 12.6 Å². The van der Waals surface area contributed by atoms with Crippen molar-refractivity contribution in [2.75, 3.05) is 5.32 Å². The van der Waals surface area contributed by atoms with Gasteiger partial charge >= 0.3 is 11.9 Å². The van der Waals surface area contributed by atoms with E-state index >= 15 is 0 Å². The highest BCUT2D eigenvalue weighted by Gasteiger charge is 2.23. The molecule has 0 spiro atoms. The number of carbonyl (C=O) groups excluding carboxylic acids is 1. The molecule has 0 heterocycles. The molecule has 0 aliphatic carbocycles. The number of carbonyl (C=O) groups is 2. The molecule has 2 aromatic rings. The van der Waals surface area contributed by atoms with E-state index in [1.54, 1.807) is 30.3 Å². The number of rotatable bonds is 6. The number of hydrogen-bond acceptors (Lipinski definition) is 4. The molecule has 5 nitrogen and oxygen atoms in total. The number of halogens is 2. The van der Waals surface area contributed by atoms with Gasteiger partial charge in [0, 0.05) is 5.02 Å². The predicted molar refractivity (Wildman–Crippen MR) is 87.7 cm³/mol. The molecule has 23 heavy (non-hydrogen) atoms. The quantitative estimate of drug-likeness (QED) is 0.612. The molecule has 1 unspecified atom stereocenters. The summed E-state index contributed by atoms with van der Waals surface area (Å²) in [7, 11) is 0. The molecule has 1 atom stereocenters. The molecule has 0 aliphatic heterocycles. The van der Waals surface area contributed by atoms with Gasteiger partial charge in [0.05, 0.1) is 17.1 Å². The van der Waals surface area contributed by atoms with E-state index < -0.39 is 18.2 Å². The van der Waals surface area contributed by atoms with E-state index in [-0.39, 0.29) is 17.1 Å². The lowest BCUT2D eigenvalue weighted by molar-refractivity contribution is -0.161. The number of esters is 1. The number of carboxylic acid groups (broad SMARTS) is 1. The van der Waals surface area contributed by atoms with Gasteiger partial charge in [-0.3, -0.25) is 4.79 Å². The van der Waals surface area contributed by atoms with Gasteiger partial charge in [0.25, 0.3) is 6.23 Å². The smallest absolute Gasteiger partial charge is 0.366 e. The number of hydrogen-bond donors (Lipinski definition) is 2. The van der Waals surface area contributed by atoms with Crippen LogP contribution in [-0.2, 0) is 20.7 Å². The summed E-state index contributed by atoms with van der Waals surface area (Å²) < 4.78 is 4.96. The lowest BCUT2D eigenvalue weighted by Crippen LogP contribution is -2.35. The van der Waals surface area contributed by atoms with Gasteiger partial charge in [0.2, 0.25) is 0 Å². The van der Waals surface area contributed by atoms with Crippen LogP contribution in [0.4, 0.5) is 5.69 Å². The highest BCUT2D eigenvalue weighted by molar-refractivity contribution is 6.35. The molecular weight excluding hydrogens is 341 g/mol. The van der Waals surface area contributed by atoms with E-state index in [2.05, 4.69) is 5.32 Å². The van der Waals surface area contributed by atoms with Gasteiger partial charge in [0.1, 0.15) is 0 Å². The van der Waals surface area contributed by atoms with Gasteiger partial charge in [-0.05, 0) is 23.8 Å². The van der Waals surface area contributed by atoms with E-state index in [0.717, 1.165) is 5.56 Å². The third-order valence-corrected chi connectivity index (χ3v) is 3.44. The van der Waals surface area contributed by atoms with E-state index in [1.807, 2.05) is 6.07 Å². The minimum Gasteiger partial charge on any atom is -0.477 e. The second-order valence-electron chi connectivity index (χ2n) is 4.64. The first-order chi connectivity index (χ1) is 11.0. The standard InChI is InChI=1S/C16H13Cl2NO4/c17-11-6-7-12(18)13(9-11)19-15(16(21)22)23-14(20)8-10-4-2-1-3-5-10/h1-7,9,15,19H,8H2,(H,21,22). The van der Waals surface area contributed by atoms with Gasteiger partial charge in [-0.25, -0.2) is 4.79 Å². The van der Waals surface area contributed by atoms with Crippen molar-refractivity contribution in [3.63, 3.8) is 0 Å². The van der Waals surface area contributed by atoms with Crippen LogP contribution in [0.1, 0.15) is 5.56 Å². The van der Waals surface area contributed by atoms with Crippen LogP contribution >= 0.6 is 23.2 Å².